The monoisotopic (exact) mass is 1130 g/mol. The zero-order chi connectivity index (χ0) is 58.1. The first-order chi connectivity index (χ1) is 39.1. The van der Waals surface area contributed by atoms with Crippen LogP contribution in [0.1, 0.15) is 232 Å². The van der Waals surface area contributed by atoms with E-state index in [0.29, 0.717) is 12.8 Å². The summed E-state index contributed by atoms with van der Waals surface area (Å²) < 4.78 is 22.7. The van der Waals surface area contributed by atoms with Crippen LogP contribution in [0.5, 0.6) is 0 Å². The number of unbranched alkanes of at least 4 members (excludes halogenated alkanes) is 25. The highest BCUT2D eigenvalue weighted by atomic mass is 16.7. The fourth-order valence-electron chi connectivity index (χ4n) is 9.96. The lowest BCUT2D eigenvalue weighted by Crippen LogP contribution is -2.65. The summed E-state index contributed by atoms with van der Waals surface area (Å²) in [6, 6.07) is -0.939. The number of hydrogen-bond acceptors (Lipinski definition) is 13. The maximum absolute atomic E-state index is 13.3. The van der Waals surface area contributed by atoms with Gasteiger partial charge in [-0.3, -0.25) is 4.79 Å². The average molecular weight is 1130 g/mol. The van der Waals surface area contributed by atoms with E-state index in [1.165, 1.54) is 128 Å². The molecule has 0 aromatic heterocycles. The van der Waals surface area contributed by atoms with Gasteiger partial charge in [-0.1, -0.05) is 227 Å². The number of carbonyl (C=O) groups is 1. The maximum Gasteiger partial charge on any atom is 0.220 e. The minimum atomic E-state index is -1.79. The smallest absolute Gasteiger partial charge is 0.220 e. The van der Waals surface area contributed by atoms with Crippen molar-refractivity contribution in [2.24, 2.45) is 0 Å². The summed E-state index contributed by atoms with van der Waals surface area (Å²) in [5.74, 6) is -0.254. The van der Waals surface area contributed by atoms with Crippen molar-refractivity contribution in [1.82, 2.24) is 5.32 Å². The lowest BCUT2D eigenvalue weighted by Gasteiger charge is -2.46. The molecule has 0 aliphatic carbocycles. The average Bonchev–Trinajstić information content (AvgIpc) is 3.49. The molecule has 14 heteroatoms. The van der Waals surface area contributed by atoms with Gasteiger partial charge in [-0.05, 0) is 83.5 Å². The highest BCUT2D eigenvalue weighted by Gasteiger charge is 2.51. The number of hydrogen-bond donors (Lipinski definition) is 9. The second-order valence-corrected chi connectivity index (χ2v) is 22.1. The summed E-state index contributed by atoms with van der Waals surface area (Å²) in [5.41, 5.74) is 0. The van der Waals surface area contributed by atoms with Crippen LogP contribution in [-0.4, -0.2) is 140 Å². The summed E-state index contributed by atoms with van der Waals surface area (Å²) in [6.07, 6.45) is 52.2. The molecule has 0 radical (unpaired) electrons. The van der Waals surface area contributed by atoms with Crippen molar-refractivity contribution in [2.75, 3.05) is 19.8 Å². The third-order valence-corrected chi connectivity index (χ3v) is 15.0. The van der Waals surface area contributed by atoms with Gasteiger partial charge in [0.1, 0.15) is 48.8 Å². The quantitative estimate of drug-likeness (QED) is 0.0204. The number of aliphatic hydroxyl groups is 8. The molecule has 0 spiro atoms. The van der Waals surface area contributed by atoms with E-state index in [4.69, 9.17) is 18.9 Å². The van der Waals surface area contributed by atoms with Crippen molar-refractivity contribution in [3.63, 3.8) is 0 Å². The van der Waals surface area contributed by atoms with Crippen molar-refractivity contribution in [3.8, 4) is 0 Å². The van der Waals surface area contributed by atoms with Crippen LogP contribution in [0, 0.1) is 0 Å². The highest BCUT2D eigenvalue weighted by molar-refractivity contribution is 5.76. The number of amides is 1. The van der Waals surface area contributed by atoms with Gasteiger partial charge in [0, 0.05) is 6.42 Å². The summed E-state index contributed by atoms with van der Waals surface area (Å²) in [5, 5.41) is 87.0. The van der Waals surface area contributed by atoms with E-state index in [0.717, 1.165) is 70.6 Å². The van der Waals surface area contributed by atoms with Crippen molar-refractivity contribution in [3.05, 3.63) is 85.1 Å². The Morgan fingerprint density at radius 3 is 1.38 bits per heavy atom. The molecule has 12 atom stereocenters. The molecule has 2 aliphatic rings. The maximum atomic E-state index is 13.3. The van der Waals surface area contributed by atoms with E-state index >= 15 is 0 Å². The Hall–Kier alpha value is -2.83. The van der Waals surface area contributed by atoms with Crippen LogP contribution in [0.3, 0.4) is 0 Å². The van der Waals surface area contributed by atoms with Gasteiger partial charge < -0.3 is 65.1 Å². The molecule has 2 saturated heterocycles. The van der Waals surface area contributed by atoms with E-state index in [1.807, 2.05) is 6.08 Å². The van der Waals surface area contributed by atoms with Crippen LogP contribution in [0.2, 0.25) is 0 Å². The molecule has 0 saturated carbocycles. The van der Waals surface area contributed by atoms with Gasteiger partial charge in [-0.2, -0.15) is 0 Å². The van der Waals surface area contributed by atoms with Gasteiger partial charge in [-0.25, -0.2) is 0 Å². The Labute approximate surface area is 484 Å². The van der Waals surface area contributed by atoms with Gasteiger partial charge in [0.05, 0.1) is 32.0 Å². The van der Waals surface area contributed by atoms with E-state index in [1.54, 1.807) is 6.08 Å². The molecule has 2 aliphatic heterocycles. The first kappa shape index (κ1) is 73.3. The Kier molecular flexibility index (Phi) is 46.4. The Morgan fingerprint density at radius 1 is 0.463 bits per heavy atom. The third kappa shape index (κ3) is 35.3. The molecule has 14 nitrogen and oxygen atoms in total. The minimum Gasteiger partial charge on any atom is -0.394 e. The summed E-state index contributed by atoms with van der Waals surface area (Å²) in [7, 11) is 0. The van der Waals surface area contributed by atoms with Crippen LogP contribution >= 0.6 is 0 Å². The van der Waals surface area contributed by atoms with E-state index < -0.39 is 86.8 Å². The Balaban J connectivity index is 1.64. The zero-order valence-corrected chi connectivity index (χ0v) is 49.8. The first-order valence-electron chi connectivity index (χ1n) is 31.8. The summed E-state index contributed by atoms with van der Waals surface area (Å²) in [6.45, 7) is 2.62. The molecule has 12 unspecified atom stereocenters. The lowest BCUT2D eigenvalue weighted by molar-refractivity contribution is -0.359. The Bertz CT molecular complexity index is 1660. The minimum absolute atomic E-state index is 0.254. The Morgan fingerprint density at radius 2 is 0.875 bits per heavy atom. The normalized spacial score (nSPS) is 24.8. The molecule has 462 valence electrons. The summed E-state index contributed by atoms with van der Waals surface area (Å²) in [4.78, 5) is 13.3. The zero-order valence-electron chi connectivity index (χ0n) is 49.8. The molecular formula is C66H115NO13. The number of allylic oxidation sites excluding steroid dienone is 13. The second kappa shape index (κ2) is 50.7. The fraction of sp³-hybridized carbons (Fsp3) is 0.773. The number of nitrogens with one attached hydrogen (secondary N) is 1. The van der Waals surface area contributed by atoms with Crippen molar-refractivity contribution < 1.29 is 64.6 Å². The van der Waals surface area contributed by atoms with Crippen LogP contribution in [0.15, 0.2) is 85.1 Å². The predicted molar refractivity (Wildman–Crippen MR) is 323 cm³/mol. The summed E-state index contributed by atoms with van der Waals surface area (Å²) >= 11 is 0. The molecule has 1 amide bonds. The predicted octanol–water partition coefficient (Wildman–Crippen LogP) is 11.7. The number of rotatable bonds is 50. The third-order valence-electron chi connectivity index (χ3n) is 15.0. The standard InChI is InChI=1S/C66H115NO13/c1-3-5-7-9-11-13-15-17-18-19-20-21-22-23-24-25-26-27-28-29-30-31-32-33-34-35-36-38-40-42-44-46-48-50-58(71)67-54(55(70)49-47-45-43-41-39-37-16-14-12-10-8-6-4-2)53-77-65-63(76)61(74)64(57(52-69)79-65)80-66-62(75)60(73)59(72)56(51-68)78-66/h5,7,11-14,17-18,20-21,39,41,47,49,54-57,59-66,68-70,72-76H,3-4,6,8-10,15-16,19,22-38,40,42-46,48,50-53H2,1-2H3,(H,67,71)/b7-5-,13-11-,14-12+,18-17-,21-20-,41-39+,49-47+. The number of aliphatic hydroxyl groups excluding tert-OH is 8. The second-order valence-electron chi connectivity index (χ2n) is 22.1. The van der Waals surface area contributed by atoms with E-state index in [2.05, 4.69) is 92.1 Å². The molecule has 2 rings (SSSR count). The topological polar surface area (TPSA) is 228 Å². The largest absolute Gasteiger partial charge is 0.394 e. The van der Waals surface area contributed by atoms with Crippen LogP contribution in [0.4, 0.5) is 0 Å². The van der Waals surface area contributed by atoms with Crippen LogP contribution in [0.25, 0.3) is 0 Å². The van der Waals surface area contributed by atoms with Crippen molar-refractivity contribution >= 4 is 5.91 Å². The van der Waals surface area contributed by atoms with Crippen LogP contribution in [-0.2, 0) is 23.7 Å². The lowest BCUT2D eigenvalue weighted by atomic mass is 9.97. The highest BCUT2D eigenvalue weighted by Crippen LogP contribution is 2.30. The van der Waals surface area contributed by atoms with E-state index in [-0.39, 0.29) is 18.9 Å². The van der Waals surface area contributed by atoms with Gasteiger partial charge in [0.15, 0.2) is 12.6 Å². The van der Waals surface area contributed by atoms with E-state index in [9.17, 15) is 45.6 Å². The molecular weight excluding hydrogens is 1010 g/mol. The molecule has 0 aromatic carbocycles. The molecule has 0 bridgehead atoms. The molecule has 0 aromatic rings. The van der Waals surface area contributed by atoms with Gasteiger partial charge >= 0.3 is 0 Å². The van der Waals surface area contributed by atoms with Gasteiger partial charge in [0.2, 0.25) is 5.91 Å². The fourth-order valence-corrected chi connectivity index (χ4v) is 9.96. The van der Waals surface area contributed by atoms with Crippen molar-refractivity contribution in [1.29, 1.82) is 0 Å². The molecule has 2 heterocycles. The van der Waals surface area contributed by atoms with Gasteiger partial charge in [0.25, 0.3) is 0 Å². The van der Waals surface area contributed by atoms with Crippen molar-refractivity contribution in [2.45, 2.75) is 306 Å². The van der Waals surface area contributed by atoms with Gasteiger partial charge in [-0.15, -0.1) is 0 Å². The number of ether oxygens (including phenoxy) is 4. The molecule has 80 heavy (non-hydrogen) atoms. The molecule has 9 N–H and O–H groups in total. The number of carbonyl (C=O) groups excluding carboxylic acids is 1. The SMILES string of the molecule is CC/C=C\C/C=C\C/C=C\C/C=C\CCCCCCCCCCCCCCCCCCCCCCC(=O)NC(COC1OC(CO)C(OC2OC(CO)C(O)C(O)C2O)C(O)C1O)C(O)/C=C/CC/C=C/CC/C=C/CCCCC. The van der Waals surface area contributed by atoms with Crippen LogP contribution < -0.4 is 5.32 Å². The molecule has 2 fully saturated rings. The first-order valence-corrected chi connectivity index (χ1v) is 31.8.